The van der Waals surface area contributed by atoms with Gasteiger partial charge in [0, 0.05) is 49.0 Å². The molecule has 21 N–H and O–H groups in total. The molecule has 0 unspecified atom stereocenters. The van der Waals surface area contributed by atoms with Gasteiger partial charge in [0.1, 0.15) is 48.0 Å². The van der Waals surface area contributed by atoms with Gasteiger partial charge in [-0.05, 0) is 36.4 Å². The Morgan fingerprint density at radius 3 is 1.63 bits per heavy atom. The third-order valence-electron chi connectivity index (χ3n) is 11.8. The molecule has 0 bridgehead atoms. The van der Waals surface area contributed by atoms with Crippen LogP contribution in [0, 0.1) is 0 Å². The number of benzene rings is 1. The maximum atomic E-state index is 13.9. The SMILES string of the molecule is CC(=O)NCSC[C@H](NC(=O)CNC(=O)CNC(=O)[C@H]1CSCC(=O)N[C@@H](Cc2ccc(O)cc2)C(=O)N[C@@H](CSCCCN)C(=O)NCC(=O)N[C@@H](CC(=O)O)C(=O)N1)C(=O)NCC(=O)N[C@@H](CSCNC(C)=O)C(=O)NCC(=O)NCC(=O)N[C@@H](CS)C(N)=O. The zero-order valence-electron chi connectivity index (χ0n) is 49.9. The number of primary amides is 1. The van der Waals surface area contributed by atoms with Crippen molar-refractivity contribution in [3.8, 4) is 5.75 Å². The summed E-state index contributed by atoms with van der Waals surface area (Å²) in [5.41, 5.74) is 11.3. The molecule has 1 aromatic rings. The summed E-state index contributed by atoms with van der Waals surface area (Å²) in [4.78, 5) is 218. The molecule has 36 nitrogen and oxygen atoms in total. The van der Waals surface area contributed by atoms with E-state index in [1.807, 2.05) is 0 Å². The molecule has 0 aromatic heterocycles. The van der Waals surface area contributed by atoms with Crippen molar-refractivity contribution in [2.24, 2.45) is 11.5 Å². The normalized spacial score (nSPS) is 17.3. The molecule has 0 aliphatic carbocycles. The van der Waals surface area contributed by atoms with Crippen LogP contribution in [0.1, 0.15) is 32.3 Å². The minimum atomic E-state index is -1.85. The van der Waals surface area contributed by atoms with Crippen LogP contribution in [0.3, 0.4) is 0 Å². The number of thiol groups is 1. The van der Waals surface area contributed by atoms with Crippen molar-refractivity contribution in [2.45, 2.75) is 75.4 Å². The van der Waals surface area contributed by atoms with Gasteiger partial charge in [-0.15, -0.1) is 35.3 Å². The van der Waals surface area contributed by atoms with E-state index in [2.05, 4.69) is 92.4 Å². The number of aliphatic carboxylic acids is 1. The van der Waals surface area contributed by atoms with Crippen LogP contribution >= 0.6 is 59.7 Å². The number of carbonyl (C=O) groups is 17. The van der Waals surface area contributed by atoms with Gasteiger partial charge in [0.05, 0.1) is 63.2 Å². The van der Waals surface area contributed by atoms with Crippen molar-refractivity contribution in [1.29, 1.82) is 0 Å². The molecule has 16 amide bonds. The van der Waals surface area contributed by atoms with Crippen molar-refractivity contribution < 1.29 is 91.7 Å². The third kappa shape index (κ3) is 34.8. The summed E-state index contributed by atoms with van der Waals surface area (Å²) in [6.07, 6.45) is -0.594. The van der Waals surface area contributed by atoms with Gasteiger partial charge in [-0.1, -0.05) is 12.1 Å². The van der Waals surface area contributed by atoms with Crippen LogP contribution in [0.25, 0.3) is 0 Å². The predicted octanol–water partition coefficient (Wildman–Crippen LogP) is -9.60. The van der Waals surface area contributed by atoms with Crippen LogP contribution in [-0.2, 0) is 87.9 Å². The van der Waals surface area contributed by atoms with E-state index in [0.717, 1.165) is 35.3 Å². The molecule has 0 radical (unpaired) electrons. The lowest BCUT2D eigenvalue weighted by molar-refractivity contribution is -0.141. The predicted molar refractivity (Wildman–Crippen MR) is 339 cm³/mol. The molecule has 1 aromatic carbocycles. The smallest absolute Gasteiger partial charge is 0.305 e. The Morgan fingerprint density at radius 2 is 1.12 bits per heavy atom. The number of hydrogen-bond donors (Lipinski definition) is 20. The van der Waals surface area contributed by atoms with Crippen LogP contribution in [-0.4, -0.2) is 251 Å². The van der Waals surface area contributed by atoms with E-state index < -0.39 is 200 Å². The highest BCUT2D eigenvalue weighted by atomic mass is 32.2. The Bertz CT molecular complexity index is 2790. The fraction of sp³-hybridized carbons (Fsp3) is 0.549. The Morgan fingerprint density at radius 1 is 0.620 bits per heavy atom. The highest BCUT2D eigenvalue weighted by Gasteiger charge is 2.33. The summed E-state index contributed by atoms with van der Waals surface area (Å²) < 4.78 is 0. The molecule has 510 valence electrons. The number of phenols is 1. The molecule has 1 fully saturated rings. The van der Waals surface area contributed by atoms with Crippen molar-refractivity contribution in [3.05, 3.63) is 29.8 Å². The number of thioether (sulfide) groups is 4. The van der Waals surface area contributed by atoms with Gasteiger partial charge in [0.2, 0.25) is 94.5 Å². The lowest BCUT2D eigenvalue weighted by Gasteiger charge is -2.25. The van der Waals surface area contributed by atoms with Crippen LogP contribution in [0.15, 0.2) is 24.3 Å². The minimum Gasteiger partial charge on any atom is -0.508 e. The molecule has 1 aliphatic rings. The Kier molecular flexibility index (Phi) is 38.4. The van der Waals surface area contributed by atoms with Crippen molar-refractivity contribution in [1.82, 2.24) is 79.8 Å². The van der Waals surface area contributed by atoms with Gasteiger partial charge >= 0.3 is 5.97 Å². The topological polar surface area (TPSA) is 563 Å². The number of phenolic OH excluding ortho intramolecular Hbond substituents is 1. The van der Waals surface area contributed by atoms with Gasteiger partial charge in [-0.3, -0.25) is 81.5 Å². The fourth-order valence-electron chi connectivity index (χ4n) is 7.12. The number of rotatable bonds is 35. The number of carbonyl (C=O) groups excluding carboxylic acids is 16. The first-order valence-corrected chi connectivity index (χ1v) is 33.0. The summed E-state index contributed by atoms with van der Waals surface area (Å²) in [6.45, 7) is -1.82. The lowest BCUT2D eigenvalue weighted by atomic mass is 10.0. The van der Waals surface area contributed by atoms with Crippen LogP contribution in [0.5, 0.6) is 5.75 Å². The number of carboxylic acid groups (broad SMARTS) is 1. The number of carboxylic acids is 1. The fourth-order valence-corrected chi connectivity index (χ4v) is 11.0. The van der Waals surface area contributed by atoms with Crippen molar-refractivity contribution in [2.75, 3.05) is 97.8 Å². The van der Waals surface area contributed by atoms with Gasteiger partial charge in [-0.2, -0.15) is 24.4 Å². The number of aromatic hydroxyl groups is 1. The quantitative estimate of drug-likeness (QED) is 0.0170. The largest absolute Gasteiger partial charge is 0.508 e. The lowest BCUT2D eigenvalue weighted by Crippen LogP contribution is -2.58. The van der Waals surface area contributed by atoms with E-state index in [4.69, 9.17) is 11.5 Å². The minimum absolute atomic E-state index is 0.00245. The first-order chi connectivity index (χ1) is 43.6. The molecule has 0 saturated carbocycles. The van der Waals surface area contributed by atoms with E-state index in [1.54, 1.807) is 0 Å². The Labute approximate surface area is 549 Å². The Hall–Kier alpha value is -8.28. The number of nitrogens with one attached hydrogen (secondary N) is 15. The maximum Gasteiger partial charge on any atom is 0.305 e. The third-order valence-corrected chi connectivity index (χ3v) is 16.2. The molecule has 1 heterocycles. The van der Waals surface area contributed by atoms with Gasteiger partial charge in [0.25, 0.3) is 0 Å². The highest BCUT2D eigenvalue weighted by Crippen LogP contribution is 2.14. The van der Waals surface area contributed by atoms with E-state index >= 15 is 0 Å². The van der Waals surface area contributed by atoms with E-state index in [0.29, 0.717) is 24.3 Å². The molecule has 1 saturated heterocycles. The van der Waals surface area contributed by atoms with E-state index in [9.17, 15) is 91.7 Å². The summed E-state index contributed by atoms with van der Waals surface area (Å²) in [5.74, 6) is -16.6. The maximum absolute atomic E-state index is 13.9. The summed E-state index contributed by atoms with van der Waals surface area (Å²) >= 11 is 7.87. The van der Waals surface area contributed by atoms with Crippen molar-refractivity contribution in [3.63, 3.8) is 0 Å². The number of amides is 16. The monoisotopic (exact) mass is 1390 g/mol. The summed E-state index contributed by atoms with van der Waals surface area (Å²) in [6, 6.07) is -4.38. The van der Waals surface area contributed by atoms with Gasteiger partial charge in [0.15, 0.2) is 0 Å². The zero-order chi connectivity index (χ0) is 68.7. The van der Waals surface area contributed by atoms with Crippen LogP contribution in [0.4, 0.5) is 0 Å². The van der Waals surface area contributed by atoms with Gasteiger partial charge < -0.3 is 101 Å². The number of nitrogens with two attached hydrogens (primary N) is 2. The van der Waals surface area contributed by atoms with Gasteiger partial charge in [-0.25, -0.2) is 0 Å². The summed E-state index contributed by atoms with van der Waals surface area (Å²) in [5, 5.41) is 54.7. The molecular weight excluding hydrogens is 1310 g/mol. The second-order valence-electron chi connectivity index (χ2n) is 19.4. The molecule has 2 rings (SSSR count). The highest BCUT2D eigenvalue weighted by molar-refractivity contribution is 8.00. The summed E-state index contributed by atoms with van der Waals surface area (Å²) in [7, 11) is 0. The van der Waals surface area contributed by atoms with E-state index in [-0.39, 0.29) is 46.9 Å². The average Bonchev–Trinajstić information content (AvgIpc) is 1.10. The standard InChI is InChI=1S/C51H77N17O19S5/c1-26(69)60-24-91-21-33(46(82)56-12-37(72)54-14-39(74)64-32(18-88)45(53)81)66-42(77)17-58-47(83)34(22-92-25-61-27(2)70)65-40(75)15-55-38(73)13-57-49(85)36-20-90-23-43(78)63-30(10-28-4-6-29(71)7-5-28)50(86)67-35(19-89-9-3-8-52)48(84)59-16-41(76)62-31(11-44(79)80)51(87)68-36/h4-7,30-36,71,88H,3,8-25,52H2,1-2H3,(H2,53,81)(H,54,72)(H,55,73)(H,56,82)(H,57,85)(H,58,83)(H,59,84)(H,60,69)(H,61,70)(H,62,76)(H,63,78)(H,64,74)(H,65,75)(H,66,77)(H,67,86)(H,68,87)(H,79,80)/t30-,31-,32-,33-,34-,35-,36+/m0/s1. The first-order valence-electron chi connectivity index (χ1n) is 27.7. The zero-order valence-corrected chi connectivity index (χ0v) is 54.0. The van der Waals surface area contributed by atoms with Crippen molar-refractivity contribution >= 4 is 160 Å². The van der Waals surface area contributed by atoms with Crippen LogP contribution in [0.2, 0.25) is 0 Å². The number of hydrogen-bond acceptors (Lipinski definition) is 24. The first kappa shape index (κ1) is 79.8. The molecule has 0 spiro atoms. The molecule has 41 heteroatoms. The molecule has 1 aliphatic heterocycles. The second kappa shape index (κ2) is 44.3. The average molecular weight is 1390 g/mol. The van der Waals surface area contributed by atoms with Crippen LogP contribution < -0.4 is 91.2 Å². The molecular formula is C51H77N17O19S5. The molecule has 92 heavy (non-hydrogen) atoms. The molecule has 7 atom stereocenters. The second-order valence-corrected chi connectivity index (χ2v) is 24.0. The van der Waals surface area contributed by atoms with E-state index in [1.165, 1.54) is 49.9 Å². The Balaban J connectivity index is 2.21.